The van der Waals surface area contributed by atoms with Crippen molar-refractivity contribution in [3.63, 3.8) is 0 Å². The molecule has 2 aromatic carbocycles. The monoisotopic (exact) mass is 496 g/mol. The molecule has 0 unspecified atom stereocenters. The molecule has 9 heteroatoms. The van der Waals surface area contributed by atoms with Crippen LogP contribution in [0.5, 0.6) is 0 Å². The summed E-state index contributed by atoms with van der Waals surface area (Å²) in [6, 6.07) is 11.7. The van der Waals surface area contributed by atoms with Crippen LogP contribution in [0.2, 0.25) is 5.02 Å². The highest BCUT2D eigenvalue weighted by atomic mass is 79.9. The van der Waals surface area contributed by atoms with Crippen LogP contribution in [0.4, 0.5) is 0 Å². The van der Waals surface area contributed by atoms with Gasteiger partial charge in [-0.2, -0.15) is 4.31 Å². The summed E-state index contributed by atoms with van der Waals surface area (Å²) in [5, 5.41) is 1.36. The van der Waals surface area contributed by atoms with E-state index in [0.29, 0.717) is 29.5 Å². The van der Waals surface area contributed by atoms with E-state index < -0.39 is 10.0 Å². The van der Waals surface area contributed by atoms with E-state index in [1.54, 1.807) is 17.0 Å². The molecular formula is C20H18BrClN2O4S. The van der Waals surface area contributed by atoms with Crippen molar-refractivity contribution < 1.29 is 17.6 Å². The molecule has 152 valence electrons. The summed E-state index contributed by atoms with van der Waals surface area (Å²) in [6.07, 6.45) is 0. The number of aryl methyl sites for hydroxylation is 1. The lowest BCUT2D eigenvalue weighted by molar-refractivity contribution is 0.0667. The highest BCUT2D eigenvalue weighted by Crippen LogP contribution is 2.29. The average Bonchev–Trinajstić information content (AvgIpc) is 3.04. The lowest BCUT2D eigenvalue weighted by Crippen LogP contribution is -2.50. The Labute approximate surface area is 182 Å². The number of hydrogen-bond donors (Lipinski definition) is 0. The topological polar surface area (TPSA) is 70.8 Å². The molecule has 1 aromatic heterocycles. The van der Waals surface area contributed by atoms with Gasteiger partial charge in [-0.15, -0.1) is 0 Å². The largest absolute Gasteiger partial charge is 0.451 e. The lowest BCUT2D eigenvalue weighted by atomic mass is 10.1. The van der Waals surface area contributed by atoms with Gasteiger partial charge in [-0.1, -0.05) is 27.5 Å². The number of carbonyl (C=O) groups is 1. The van der Waals surface area contributed by atoms with Crippen molar-refractivity contribution >= 4 is 54.4 Å². The molecule has 0 bridgehead atoms. The molecule has 0 aliphatic carbocycles. The number of furan rings is 1. The van der Waals surface area contributed by atoms with Gasteiger partial charge in [0.05, 0.1) is 4.90 Å². The van der Waals surface area contributed by atoms with Crippen molar-refractivity contribution in [2.45, 2.75) is 11.8 Å². The van der Waals surface area contributed by atoms with Gasteiger partial charge in [0.15, 0.2) is 5.76 Å². The number of hydrogen-bond acceptors (Lipinski definition) is 4. The molecule has 1 amide bonds. The average molecular weight is 498 g/mol. The number of nitrogens with zero attached hydrogens (tertiary/aromatic N) is 2. The minimum absolute atomic E-state index is 0.195. The molecule has 0 atom stereocenters. The van der Waals surface area contributed by atoms with Crippen molar-refractivity contribution in [2.75, 3.05) is 26.2 Å². The maximum atomic E-state index is 13.0. The maximum Gasteiger partial charge on any atom is 0.289 e. The zero-order valence-electron chi connectivity index (χ0n) is 15.6. The summed E-state index contributed by atoms with van der Waals surface area (Å²) < 4.78 is 33.7. The van der Waals surface area contributed by atoms with E-state index in [1.807, 2.05) is 25.1 Å². The lowest BCUT2D eigenvalue weighted by Gasteiger charge is -2.33. The van der Waals surface area contributed by atoms with E-state index in [2.05, 4.69) is 15.9 Å². The summed E-state index contributed by atoms with van der Waals surface area (Å²) in [5.74, 6) is 0.0745. The van der Waals surface area contributed by atoms with Gasteiger partial charge in [-0.3, -0.25) is 4.79 Å². The number of halogens is 2. The number of sulfonamides is 1. The molecule has 0 radical (unpaired) electrons. The molecule has 0 saturated carbocycles. The second kappa shape index (κ2) is 7.75. The number of fused-ring (bicyclic) bond motifs is 1. The van der Waals surface area contributed by atoms with Crippen LogP contribution in [0.15, 0.2) is 56.2 Å². The van der Waals surface area contributed by atoms with Crippen molar-refractivity contribution in [1.29, 1.82) is 0 Å². The Hall–Kier alpha value is -1.87. The van der Waals surface area contributed by atoms with Crippen LogP contribution in [-0.2, 0) is 10.0 Å². The molecule has 1 aliphatic rings. The van der Waals surface area contributed by atoms with E-state index >= 15 is 0 Å². The van der Waals surface area contributed by atoms with Crippen molar-refractivity contribution in [1.82, 2.24) is 9.21 Å². The standard InChI is InChI=1S/C20H18BrClN2O4S/c1-13-17-12-14(21)2-7-18(17)28-19(13)20(25)23-8-10-24(11-9-23)29(26,27)16-5-3-15(22)4-6-16/h2-7,12H,8-11H2,1H3. The van der Waals surface area contributed by atoms with Gasteiger partial charge in [0.25, 0.3) is 5.91 Å². The molecule has 0 N–H and O–H groups in total. The van der Waals surface area contributed by atoms with Gasteiger partial charge < -0.3 is 9.32 Å². The third-order valence-corrected chi connectivity index (χ3v) is 7.73. The predicted molar refractivity (Wildman–Crippen MR) is 115 cm³/mol. The van der Waals surface area contributed by atoms with Gasteiger partial charge in [-0.05, 0) is 49.4 Å². The molecule has 1 saturated heterocycles. The molecule has 29 heavy (non-hydrogen) atoms. The van der Waals surface area contributed by atoms with E-state index in [-0.39, 0.29) is 23.9 Å². The Morgan fingerprint density at radius 3 is 2.38 bits per heavy atom. The van der Waals surface area contributed by atoms with Gasteiger partial charge in [0, 0.05) is 46.6 Å². The van der Waals surface area contributed by atoms with Gasteiger partial charge in [-0.25, -0.2) is 8.42 Å². The van der Waals surface area contributed by atoms with Crippen molar-refractivity contribution in [3.8, 4) is 0 Å². The van der Waals surface area contributed by atoms with Crippen LogP contribution in [0.1, 0.15) is 16.1 Å². The minimum atomic E-state index is -3.62. The SMILES string of the molecule is Cc1c(C(=O)N2CCN(S(=O)(=O)c3ccc(Cl)cc3)CC2)oc2ccc(Br)cc12. The third kappa shape index (κ3) is 3.82. The molecule has 6 nitrogen and oxygen atoms in total. The molecule has 1 aliphatic heterocycles. The maximum absolute atomic E-state index is 13.0. The first-order valence-corrected chi connectivity index (χ1v) is 11.6. The minimum Gasteiger partial charge on any atom is -0.451 e. The second-order valence-corrected chi connectivity index (χ2v) is 10.1. The Morgan fingerprint density at radius 1 is 1.07 bits per heavy atom. The number of amides is 1. The van der Waals surface area contributed by atoms with Crippen molar-refractivity contribution in [3.05, 3.63) is 63.3 Å². The first-order valence-electron chi connectivity index (χ1n) is 9.01. The first-order chi connectivity index (χ1) is 13.8. The van der Waals surface area contributed by atoms with E-state index in [9.17, 15) is 13.2 Å². The van der Waals surface area contributed by atoms with Crippen LogP contribution in [0.25, 0.3) is 11.0 Å². The molecule has 3 aromatic rings. The van der Waals surface area contributed by atoms with Crippen molar-refractivity contribution in [2.24, 2.45) is 0 Å². The smallest absolute Gasteiger partial charge is 0.289 e. The van der Waals surface area contributed by atoms with Crippen LogP contribution in [-0.4, -0.2) is 49.7 Å². The zero-order valence-corrected chi connectivity index (χ0v) is 18.7. The van der Waals surface area contributed by atoms with E-state index in [4.69, 9.17) is 16.0 Å². The second-order valence-electron chi connectivity index (χ2n) is 6.85. The number of rotatable bonds is 3. The Balaban J connectivity index is 1.50. The molecule has 1 fully saturated rings. The Bertz CT molecular complexity index is 1180. The summed E-state index contributed by atoms with van der Waals surface area (Å²) in [5.41, 5.74) is 1.43. The fourth-order valence-corrected chi connectivity index (χ4v) is 5.34. The Kier molecular flexibility index (Phi) is 5.46. The quantitative estimate of drug-likeness (QED) is 0.541. The summed E-state index contributed by atoms with van der Waals surface area (Å²) in [4.78, 5) is 14.8. The van der Waals surface area contributed by atoms with Crippen LogP contribution in [0, 0.1) is 6.92 Å². The number of piperazine rings is 1. The van der Waals surface area contributed by atoms with Gasteiger partial charge in [0.1, 0.15) is 5.58 Å². The first kappa shape index (κ1) is 20.4. The van der Waals surface area contributed by atoms with Crippen LogP contribution < -0.4 is 0 Å². The van der Waals surface area contributed by atoms with Crippen LogP contribution >= 0.6 is 27.5 Å². The normalized spacial score (nSPS) is 15.8. The van der Waals surface area contributed by atoms with Gasteiger partial charge >= 0.3 is 0 Å². The molecule has 4 rings (SSSR count). The highest BCUT2D eigenvalue weighted by molar-refractivity contribution is 9.10. The molecule has 0 spiro atoms. The summed E-state index contributed by atoms with van der Waals surface area (Å²) in [7, 11) is -3.62. The fourth-order valence-electron chi connectivity index (χ4n) is 3.43. The van der Waals surface area contributed by atoms with E-state index in [0.717, 1.165) is 15.4 Å². The summed E-state index contributed by atoms with van der Waals surface area (Å²) >= 11 is 9.28. The van der Waals surface area contributed by atoms with Gasteiger partial charge in [0.2, 0.25) is 10.0 Å². The van der Waals surface area contributed by atoms with E-state index in [1.165, 1.54) is 16.4 Å². The summed E-state index contributed by atoms with van der Waals surface area (Å²) in [6.45, 7) is 2.90. The van der Waals surface area contributed by atoms with Crippen LogP contribution in [0.3, 0.4) is 0 Å². The number of carbonyl (C=O) groups excluding carboxylic acids is 1. The predicted octanol–water partition coefficient (Wildman–Crippen LogP) is 4.30. The number of benzene rings is 2. The molecular weight excluding hydrogens is 480 g/mol. The third-order valence-electron chi connectivity index (χ3n) is 5.07. The zero-order chi connectivity index (χ0) is 20.8. The fraction of sp³-hybridized carbons (Fsp3) is 0.250. The highest BCUT2D eigenvalue weighted by Gasteiger charge is 2.32. The molecule has 2 heterocycles. The Morgan fingerprint density at radius 2 is 1.72 bits per heavy atom.